The van der Waals surface area contributed by atoms with Crippen LogP contribution in [0.25, 0.3) is 0 Å². The highest BCUT2D eigenvalue weighted by molar-refractivity contribution is 8.14. The van der Waals surface area contributed by atoms with Crippen LogP contribution in [-0.4, -0.2) is 22.5 Å². The normalized spacial score (nSPS) is 46.2. The second kappa shape index (κ2) is 3.91. The molecule has 3 aliphatic rings. The van der Waals surface area contributed by atoms with Crippen molar-refractivity contribution < 1.29 is 0 Å². The minimum absolute atomic E-state index is 0.398. The van der Waals surface area contributed by atoms with Gasteiger partial charge in [0.15, 0.2) is 5.17 Å². The Hall–Kier alpha value is -0.180. The van der Waals surface area contributed by atoms with E-state index in [2.05, 4.69) is 26.1 Å². The summed E-state index contributed by atoms with van der Waals surface area (Å²) in [6.45, 7) is 7.02. The summed E-state index contributed by atoms with van der Waals surface area (Å²) in [5.74, 6) is 2.17. The van der Waals surface area contributed by atoms with Crippen molar-refractivity contribution in [2.24, 2.45) is 16.3 Å². The highest BCUT2D eigenvalue weighted by Gasteiger charge is 2.47. The molecule has 0 bridgehead atoms. The van der Waals surface area contributed by atoms with E-state index in [9.17, 15) is 0 Å². The number of hydrogen-bond donors (Lipinski definition) is 1. The lowest BCUT2D eigenvalue weighted by atomic mass is 9.78. The highest BCUT2D eigenvalue weighted by atomic mass is 32.2. The maximum atomic E-state index is 4.88. The molecule has 3 rings (SSSR count). The van der Waals surface area contributed by atoms with Crippen molar-refractivity contribution in [1.82, 2.24) is 5.32 Å². The van der Waals surface area contributed by atoms with Gasteiger partial charge in [0.25, 0.3) is 0 Å². The lowest BCUT2D eigenvalue weighted by Crippen LogP contribution is -2.46. The Labute approximate surface area is 109 Å². The summed E-state index contributed by atoms with van der Waals surface area (Å²) in [6, 6.07) is 0.579. The van der Waals surface area contributed by atoms with Crippen molar-refractivity contribution in [3.05, 3.63) is 0 Å². The Balaban J connectivity index is 1.62. The van der Waals surface area contributed by atoms with Crippen LogP contribution in [0.15, 0.2) is 4.99 Å². The van der Waals surface area contributed by atoms with Crippen molar-refractivity contribution in [2.75, 3.05) is 5.75 Å². The summed E-state index contributed by atoms with van der Waals surface area (Å²) in [6.07, 6.45) is 6.72. The minimum atomic E-state index is 0.398. The molecule has 1 saturated heterocycles. The van der Waals surface area contributed by atoms with E-state index in [0.717, 1.165) is 5.92 Å². The SMILES string of the molecule is CC1CCC2(CC1)CSC(=NC1CC1(C)C)N2. The van der Waals surface area contributed by atoms with E-state index in [1.165, 1.54) is 43.0 Å². The fourth-order valence-electron chi connectivity index (χ4n) is 2.96. The predicted octanol–water partition coefficient (Wildman–Crippen LogP) is 3.43. The third-order valence-corrected chi connectivity index (χ3v) is 6.00. The van der Waals surface area contributed by atoms with Gasteiger partial charge in [0.05, 0.1) is 6.04 Å². The van der Waals surface area contributed by atoms with Gasteiger partial charge < -0.3 is 5.32 Å². The van der Waals surface area contributed by atoms with Gasteiger partial charge in [0.2, 0.25) is 0 Å². The van der Waals surface area contributed by atoms with Crippen molar-refractivity contribution >= 4 is 16.9 Å². The number of nitrogens with zero attached hydrogens (tertiary/aromatic N) is 1. The number of thioether (sulfide) groups is 1. The molecule has 0 aromatic rings. The average molecular weight is 252 g/mol. The first-order valence-corrected chi connectivity index (χ1v) is 7.97. The molecule has 1 aliphatic heterocycles. The number of aliphatic imine (C=N–C) groups is 1. The van der Waals surface area contributed by atoms with E-state index in [1.807, 2.05) is 11.8 Å². The largest absolute Gasteiger partial charge is 0.359 e. The molecule has 1 N–H and O–H groups in total. The molecule has 1 spiro atoms. The van der Waals surface area contributed by atoms with Crippen LogP contribution in [-0.2, 0) is 0 Å². The summed E-state index contributed by atoms with van der Waals surface area (Å²) in [5, 5.41) is 4.98. The maximum absolute atomic E-state index is 4.88. The van der Waals surface area contributed by atoms with Gasteiger partial charge in [-0.2, -0.15) is 0 Å². The zero-order chi connectivity index (χ0) is 12.1. The van der Waals surface area contributed by atoms with Crippen LogP contribution in [0.2, 0.25) is 0 Å². The van der Waals surface area contributed by atoms with Crippen molar-refractivity contribution in [3.8, 4) is 0 Å². The van der Waals surface area contributed by atoms with Gasteiger partial charge in [-0.1, -0.05) is 32.5 Å². The quantitative estimate of drug-likeness (QED) is 0.773. The molecule has 17 heavy (non-hydrogen) atoms. The summed E-state index contributed by atoms with van der Waals surface area (Å²) >= 11 is 1.96. The van der Waals surface area contributed by atoms with E-state index in [1.54, 1.807) is 0 Å². The van der Waals surface area contributed by atoms with Crippen LogP contribution in [0, 0.1) is 11.3 Å². The summed E-state index contributed by atoms with van der Waals surface area (Å²) in [4.78, 5) is 4.88. The Bertz CT molecular complexity index is 340. The summed E-state index contributed by atoms with van der Waals surface area (Å²) in [5.41, 5.74) is 0.862. The predicted molar refractivity (Wildman–Crippen MR) is 75.6 cm³/mol. The summed E-state index contributed by atoms with van der Waals surface area (Å²) < 4.78 is 0. The molecule has 2 saturated carbocycles. The number of hydrogen-bond acceptors (Lipinski definition) is 2. The highest BCUT2D eigenvalue weighted by Crippen LogP contribution is 2.48. The lowest BCUT2D eigenvalue weighted by Gasteiger charge is -2.35. The van der Waals surface area contributed by atoms with Crippen LogP contribution >= 0.6 is 11.8 Å². The van der Waals surface area contributed by atoms with Crippen molar-refractivity contribution in [1.29, 1.82) is 0 Å². The molecule has 0 amide bonds. The lowest BCUT2D eigenvalue weighted by molar-refractivity contribution is 0.250. The van der Waals surface area contributed by atoms with E-state index < -0.39 is 0 Å². The average Bonchev–Trinajstić information content (AvgIpc) is 2.71. The van der Waals surface area contributed by atoms with E-state index >= 15 is 0 Å². The first-order valence-electron chi connectivity index (χ1n) is 6.98. The van der Waals surface area contributed by atoms with Gasteiger partial charge in [-0.25, -0.2) is 0 Å². The van der Waals surface area contributed by atoms with E-state index in [0.29, 0.717) is 17.0 Å². The Morgan fingerprint density at radius 2 is 1.94 bits per heavy atom. The molecule has 3 heteroatoms. The zero-order valence-electron chi connectivity index (χ0n) is 11.3. The van der Waals surface area contributed by atoms with E-state index in [4.69, 9.17) is 4.99 Å². The van der Waals surface area contributed by atoms with Crippen LogP contribution in [0.1, 0.15) is 52.9 Å². The topological polar surface area (TPSA) is 24.4 Å². The molecule has 0 aromatic carbocycles. The molecule has 0 radical (unpaired) electrons. The Morgan fingerprint density at radius 1 is 1.29 bits per heavy atom. The minimum Gasteiger partial charge on any atom is -0.359 e. The zero-order valence-corrected chi connectivity index (χ0v) is 12.1. The third kappa shape index (κ3) is 2.35. The maximum Gasteiger partial charge on any atom is 0.157 e. The standard InChI is InChI=1S/C14H24N2S/c1-10-4-6-14(7-5-10)9-17-12(16-14)15-11-8-13(11,2)3/h10-11H,4-9H2,1-3H3,(H,15,16). The fourth-order valence-corrected chi connectivity index (χ4v) is 4.22. The number of nitrogens with one attached hydrogen (secondary N) is 1. The smallest absolute Gasteiger partial charge is 0.157 e. The molecular formula is C14H24N2S. The van der Waals surface area contributed by atoms with Crippen molar-refractivity contribution in [3.63, 3.8) is 0 Å². The molecule has 3 fully saturated rings. The van der Waals surface area contributed by atoms with Crippen LogP contribution in [0.3, 0.4) is 0 Å². The monoisotopic (exact) mass is 252 g/mol. The van der Waals surface area contributed by atoms with Gasteiger partial charge in [0, 0.05) is 11.3 Å². The van der Waals surface area contributed by atoms with Crippen molar-refractivity contribution in [2.45, 2.75) is 64.5 Å². The molecule has 1 heterocycles. The fraction of sp³-hybridized carbons (Fsp3) is 0.929. The van der Waals surface area contributed by atoms with Gasteiger partial charge >= 0.3 is 0 Å². The Morgan fingerprint density at radius 3 is 2.53 bits per heavy atom. The summed E-state index contributed by atoms with van der Waals surface area (Å²) in [7, 11) is 0. The molecule has 96 valence electrons. The second-order valence-corrected chi connectivity index (χ2v) is 7.98. The second-order valence-electron chi connectivity index (χ2n) is 7.02. The number of rotatable bonds is 1. The molecule has 1 unspecified atom stereocenters. The molecule has 1 atom stereocenters. The molecule has 2 aliphatic carbocycles. The Kier molecular flexibility index (Phi) is 2.73. The third-order valence-electron chi connectivity index (χ3n) is 4.82. The number of amidine groups is 1. The van der Waals surface area contributed by atoms with E-state index in [-0.39, 0.29) is 0 Å². The molecule has 0 aromatic heterocycles. The van der Waals surface area contributed by atoms with Gasteiger partial charge in [-0.15, -0.1) is 0 Å². The molecule has 2 nitrogen and oxygen atoms in total. The molecular weight excluding hydrogens is 228 g/mol. The van der Waals surface area contributed by atoms with Crippen LogP contribution in [0.5, 0.6) is 0 Å². The van der Waals surface area contributed by atoms with Gasteiger partial charge in [0.1, 0.15) is 0 Å². The van der Waals surface area contributed by atoms with Gasteiger partial charge in [-0.05, 0) is 43.4 Å². The van der Waals surface area contributed by atoms with Crippen LogP contribution in [0.4, 0.5) is 0 Å². The van der Waals surface area contributed by atoms with Gasteiger partial charge in [-0.3, -0.25) is 4.99 Å². The first kappa shape index (κ1) is 11.9. The van der Waals surface area contributed by atoms with Crippen LogP contribution < -0.4 is 5.32 Å². The first-order chi connectivity index (χ1) is 7.99.